The van der Waals surface area contributed by atoms with Crippen LogP contribution in [0.4, 0.5) is 5.69 Å². The summed E-state index contributed by atoms with van der Waals surface area (Å²) >= 11 is 14.4. The van der Waals surface area contributed by atoms with Crippen molar-refractivity contribution in [2.24, 2.45) is 5.92 Å². The molecule has 0 radical (unpaired) electrons. The van der Waals surface area contributed by atoms with Gasteiger partial charge in [-0.05, 0) is 55.0 Å². The Morgan fingerprint density at radius 2 is 1.84 bits per heavy atom. The Labute approximate surface area is 229 Å². The quantitative estimate of drug-likeness (QED) is 0.250. The topological polar surface area (TPSA) is 63.7 Å². The summed E-state index contributed by atoms with van der Waals surface area (Å²) in [6, 6.07) is 16.6. The van der Waals surface area contributed by atoms with E-state index in [0.717, 1.165) is 16.1 Å². The number of anilines is 1. The minimum atomic E-state index is -1.01. The molecule has 1 aromatic heterocycles. The summed E-state index contributed by atoms with van der Waals surface area (Å²) in [6.07, 6.45) is 0.359. The van der Waals surface area contributed by atoms with E-state index in [1.165, 1.54) is 11.3 Å². The lowest BCUT2D eigenvalue weighted by atomic mass is 9.69. The van der Waals surface area contributed by atoms with Crippen LogP contribution in [0.2, 0.25) is 10.0 Å². The maximum absolute atomic E-state index is 14.4. The Kier molecular flexibility index (Phi) is 7.26. The van der Waals surface area contributed by atoms with Gasteiger partial charge in [-0.3, -0.25) is 19.3 Å². The number of carbonyl (C=O) groups excluding carboxylic acids is 3. The van der Waals surface area contributed by atoms with E-state index in [9.17, 15) is 14.4 Å². The molecule has 3 aromatic rings. The number of para-hydroxylation sites is 1. The van der Waals surface area contributed by atoms with Crippen LogP contribution >= 0.6 is 34.5 Å². The summed E-state index contributed by atoms with van der Waals surface area (Å²) in [5, 5.41) is 2.57. The molecule has 5 rings (SSSR count). The normalized spacial score (nSPS) is 21.7. The van der Waals surface area contributed by atoms with E-state index < -0.39 is 23.7 Å². The molecule has 2 aromatic carbocycles. The number of allylic oxidation sites excluding steroid dienone is 2. The number of nitrogens with zero attached hydrogens (tertiary/aromatic N) is 1. The first kappa shape index (κ1) is 25.7. The number of esters is 1. The molecule has 2 heterocycles. The monoisotopic (exact) mass is 553 g/mol. The number of hydrogen-bond acceptors (Lipinski definition) is 5. The SMILES string of the molecule is CCOC(=O)[C@@H]1C(=O)C2=C(C[C@H]1c1cccs1)N(c1ccccc1C)C(=O)C[C@H]2c1cccc(Cl)c1Cl. The standard InChI is InChI=1S/C29H25Cl2NO4S/c1-3-36-29(35)26-19(23-12-7-13-37-23)14-22-25(28(26)34)18(17-9-6-10-20(30)27(17)31)15-24(33)32(22)21-11-5-4-8-16(21)2/h4-13,18-19,26H,3,14-15H2,1-2H3/t18-,19-,26-/m0/s1. The third-order valence-corrected chi connectivity index (χ3v) is 8.92. The summed E-state index contributed by atoms with van der Waals surface area (Å²) < 4.78 is 5.39. The lowest BCUT2D eigenvalue weighted by Gasteiger charge is -2.42. The van der Waals surface area contributed by atoms with Crippen molar-refractivity contribution in [1.82, 2.24) is 0 Å². The molecule has 5 nitrogen and oxygen atoms in total. The highest BCUT2D eigenvalue weighted by Gasteiger charge is 2.50. The number of rotatable bonds is 5. The summed E-state index contributed by atoms with van der Waals surface area (Å²) in [5.74, 6) is -3.09. The zero-order valence-corrected chi connectivity index (χ0v) is 22.7. The van der Waals surface area contributed by atoms with Gasteiger partial charge >= 0.3 is 5.97 Å². The molecule has 1 aliphatic carbocycles. The third kappa shape index (κ3) is 4.52. The van der Waals surface area contributed by atoms with Gasteiger partial charge < -0.3 is 4.74 Å². The number of amides is 1. The second-order valence-electron chi connectivity index (χ2n) is 9.20. The number of Topliss-reactive ketones (excluding diaryl/α,β-unsaturated/α-hetero) is 1. The molecule has 0 fully saturated rings. The first-order valence-electron chi connectivity index (χ1n) is 12.1. The second-order valence-corrected chi connectivity index (χ2v) is 11.0. The van der Waals surface area contributed by atoms with E-state index in [1.54, 1.807) is 30.0 Å². The fourth-order valence-electron chi connectivity index (χ4n) is 5.45. The van der Waals surface area contributed by atoms with Crippen molar-refractivity contribution in [2.75, 3.05) is 11.5 Å². The number of ether oxygens (including phenoxy) is 1. The van der Waals surface area contributed by atoms with Gasteiger partial charge in [-0.15, -0.1) is 11.3 Å². The maximum Gasteiger partial charge on any atom is 0.317 e. The van der Waals surface area contributed by atoms with Crippen molar-refractivity contribution >= 4 is 57.9 Å². The maximum atomic E-state index is 14.4. The summed E-state index contributed by atoms with van der Waals surface area (Å²) in [5.41, 5.74) is 3.27. The Morgan fingerprint density at radius 3 is 2.54 bits per heavy atom. The molecule has 0 saturated heterocycles. The molecule has 0 saturated carbocycles. The van der Waals surface area contributed by atoms with Gasteiger partial charge in [0.2, 0.25) is 5.91 Å². The Hall–Kier alpha value is -2.93. The van der Waals surface area contributed by atoms with Gasteiger partial charge in [-0.1, -0.05) is 59.6 Å². The van der Waals surface area contributed by atoms with Crippen molar-refractivity contribution < 1.29 is 19.1 Å². The molecule has 190 valence electrons. The average molecular weight is 554 g/mol. The van der Waals surface area contributed by atoms with Crippen LogP contribution in [-0.2, 0) is 19.1 Å². The van der Waals surface area contributed by atoms with Crippen LogP contribution in [-0.4, -0.2) is 24.3 Å². The Morgan fingerprint density at radius 1 is 1.05 bits per heavy atom. The first-order valence-corrected chi connectivity index (χ1v) is 13.8. The van der Waals surface area contributed by atoms with Crippen molar-refractivity contribution in [3.8, 4) is 0 Å². The third-order valence-electron chi connectivity index (χ3n) is 7.08. The molecular weight excluding hydrogens is 529 g/mol. The van der Waals surface area contributed by atoms with E-state index in [1.807, 2.05) is 48.7 Å². The Bertz CT molecular complexity index is 1420. The summed E-state index contributed by atoms with van der Waals surface area (Å²) in [6.45, 7) is 3.83. The fraction of sp³-hybridized carbons (Fsp3) is 0.276. The number of carbonyl (C=O) groups is 3. The number of aryl methyl sites for hydroxylation is 1. The van der Waals surface area contributed by atoms with E-state index in [0.29, 0.717) is 33.3 Å². The fourth-order valence-corrected chi connectivity index (χ4v) is 6.76. The first-order chi connectivity index (χ1) is 17.8. The molecule has 8 heteroatoms. The van der Waals surface area contributed by atoms with Crippen LogP contribution in [0, 0.1) is 12.8 Å². The second kappa shape index (κ2) is 10.4. The zero-order chi connectivity index (χ0) is 26.3. The van der Waals surface area contributed by atoms with Crippen LogP contribution < -0.4 is 4.90 Å². The summed E-state index contributed by atoms with van der Waals surface area (Å²) in [4.78, 5) is 44.0. The van der Waals surface area contributed by atoms with Crippen molar-refractivity contribution in [2.45, 2.75) is 38.5 Å². The minimum Gasteiger partial charge on any atom is -0.465 e. The van der Waals surface area contributed by atoms with Crippen molar-refractivity contribution in [3.05, 3.63) is 97.3 Å². The summed E-state index contributed by atoms with van der Waals surface area (Å²) in [7, 11) is 0. The number of ketones is 1. The van der Waals surface area contributed by atoms with Crippen LogP contribution in [0.1, 0.15) is 47.6 Å². The van der Waals surface area contributed by atoms with Gasteiger partial charge in [-0.25, -0.2) is 0 Å². The van der Waals surface area contributed by atoms with Crippen LogP contribution in [0.5, 0.6) is 0 Å². The molecule has 0 N–H and O–H groups in total. The predicted molar refractivity (Wildman–Crippen MR) is 146 cm³/mol. The molecule has 3 atom stereocenters. The van der Waals surface area contributed by atoms with E-state index in [4.69, 9.17) is 27.9 Å². The molecule has 0 spiro atoms. The van der Waals surface area contributed by atoms with Crippen LogP contribution in [0.25, 0.3) is 0 Å². The highest BCUT2D eigenvalue weighted by Crippen LogP contribution is 2.51. The zero-order valence-electron chi connectivity index (χ0n) is 20.4. The highest BCUT2D eigenvalue weighted by molar-refractivity contribution is 7.10. The van der Waals surface area contributed by atoms with E-state index >= 15 is 0 Å². The van der Waals surface area contributed by atoms with Crippen molar-refractivity contribution in [3.63, 3.8) is 0 Å². The number of halogens is 2. The van der Waals surface area contributed by atoms with Gasteiger partial charge in [0, 0.05) is 34.4 Å². The minimum absolute atomic E-state index is 0.0260. The van der Waals surface area contributed by atoms with Crippen LogP contribution in [0.3, 0.4) is 0 Å². The van der Waals surface area contributed by atoms with Crippen molar-refractivity contribution in [1.29, 1.82) is 0 Å². The van der Waals surface area contributed by atoms with E-state index in [-0.39, 0.29) is 24.7 Å². The molecule has 1 aliphatic heterocycles. The van der Waals surface area contributed by atoms with Crippen LogP contribution in [0.15, 0.2) is 71.2 Å². The smallest absolute Gasteiger partial charge is 0.317 e. The highest BCUT2D eigenvalue weighted by atomic mass is 35.5. The lowest BCUT2D eigenvalue weighted by molar-refractivity contribution is -0.152. The molecule has 0 unspecified atom stereocenters. The van der Waals surface area contributed by atoms with Gasteiger partial charge in [0.15, 0.2) is 5.78 Å². The number of hydrogen-bond donors (Lipinski definition) is 0. The molecule has 2 aliphatic rings. The average Bonchev–Trinajstić information content (AvgIpc) is 3.41. The largest absolute Gasteiger partial charge is 0.465 e. The predicted octanol–water partition coefficient (Wildman–Crippen LogP) is 7.07. The number of thiophene rings is 1. The lowest BCUT2D eigenvalue weighted by Crippen LogP contribution is -2.46. The number of benzene rings is 2. The van der Waals surface area contributed by atoms with Gasteiger partial charge in [-0.2, -0.15) is 0 Å². The van der Waals surface area contributed by atoms with Gasteiger partial charge in [0.1, 0.15) is 5.92 Å². The molecule has 0 bridgehead atoms. The van der Waals surface area contributed by atoms with Gasteiger partial charge in [0.05, 0.1) is 22.3 Å². The molecule has 1 amide bonds. The van der Waals surface area contributed by atoms with Gasteiger partial charge in [0.25, 0.3) is 0 Å². The molecule has 37 heavy (non-hydrogen) atoms. The molecular formula is C29H25Cl2NO4S. The Balaban J connectivity index is 1.76. The van der Waals surface area contributed by atoms with E-state index in [2.05, 4.69) is 0 Å².